The summed E-state index contributed by atoms with van der Waals surface area (Å²) in [7, 11) is 0. The fourth-order valence-corrected chi connectivity index (χ4v) is 3.40. The summed E-state index contributed by atoms with van der Waals surface area (Å²) in [6.45, 7) is 0. The minimum atomic E-state index is -0.545. The van der Waals surface area contributed by atoms with Crippen molar-refractivity contribution in [3.05, 3.63) is 28.5 Å². The van der Waals surface area contributed by atoms with E-state index in [2.05, 4.69) is 15.3 Å². The van der Waals surface area contributed by atoms with Crippen LogP contribution in [0.25, 0.3) is 11.0 Å². The van der Waals surface area contributed by atoms with Crippen LogP contribution >= 0.6 is 11.6 Å². The lowest BCUT2D eigenvalue weighted by Gasteiger charge is -2.09. The summed E-state index contributed by atoms with van der Waals surface area (Å²) in [5.74, 6) is 0.324. The Bertz CT molecular complexity index is 719. The number of imidazole rings is 1. The summed E-state index contributed by atoms with van der Waals surface area (Å²) in [4.78, 5) is 19.4. The number of H-pyrrole nitrogens is 1. The molecule has 1 spiro atoms. The monoisotopic (exact) mass is 290 g/mol. The van der Waals surface area contributed by atoms with E-state index >= 15 is 0 Å². The van der Waals surface area contributed by atoms with Gasteiger partial charge in [0.1, 0.15) is 11.3 Å². The molecule has 4 N–H and O–H groups in total. The van der Waals surface area contributed by atoms with Gasteiger partial charge in [-0.25, -0.2) is 4.98 Å². The SMILES string of the molecule is NC(=O)c1c(Cl)ccc2[nH]c(C3CCC4(CC4)N3)nc12. The number of hydrogen-bond donors (Lipinski definition) is 3. The highest BCUT2D eigenvalue weighted by Gasteiger charge is 2.48. The first kappa shape index (κ1) is 12.2. The zero-order valence-electron chi connectivity index (χ0n) is 10.9. The second-order valence-electron chi connectivity index (χ2n) is 5.82. The van der Waals surface area contributed by atoms with E-state index in [1.165, 1.54) is 19.3 Å². The van der Waals surface area contributed by atoms with Crippen molar-refractivity contribution in [3.8, 4) is 0 Å². The number of carbonyl (C=O) groups excluding carboxylic acids is 1. The first-order valence-corrected chi connectivity index (χ1v) is 7.21. The number of primary amides is 1. The van der Waals surface area contributed by atoms with Crippen LogP contribution in [0.2, 0.25) is 5.02 Å². The first-order chi connectivity index (χ1) is 9.58. The predicted octanol–water partition coefficient (Wildman–Crippen LogP) is 2.27. The molecule has 1 unspecified atom stereocenters. The molecule has 1 saturated carbocycles. The smallest absolute Gasteiger partial charge is 0.252 e. The van der Waals surface area contributed by atoms with Crippen LogP contribution in [-0.2, 0) is 0 Å². The van der Waals surface area contributed by atoms with E-state index in [1.54, 1.807) is 6.07 Å². The number of amides is 1. The van der Waals surface area contributed by atoms with Gasteiger partial charge >= 0.3 is 0 Å². The highest BCUT2D eigenvalue weighted by atomic mass is 35.5. The third-order valence-corrected chi connectivity index (χ3v) is 4.76. The van der Waals surface area contributed by atoms with E-state index in [9.17, 15) is 4.79 Å². The normalized spacial score (nSPS) is 23.6. The molecule has 5 nitrogen and oxygen atoms in total. The Hall–Kier alpha value is -1.59. The Morgan fingerprint density at radius 3 is 2.85 bits per heavy atom. The maximum Gasteiger partial charge on any atom is 0.252 e. The number of aromatic nitrogens is 2. The van der Waals surface area contributed by atoms with Crippen LogP contribution in [0.5, 0.6) is 0 Å². The Morgan fingerprint density at radius 1 is 1.40 bits per heavy atom. The maximum atomic E-state index is 11.5. The number of benzene rings is 1. The summed E-state index contributed by atoms with van der Waals surface area (Å²) < 4.78 is 0. The topological polar surface area (TPSA) is 83.8 Å². The molecular formula is C14H15ClN4O. The standard InChI is InChI=1S/C14H15ClN4O/c15-7-1-2-8-11(10(7)12(16)20)18-13(17-8)9-3-4-14(19-9)5-6-14/h1-2,9,19H,3-6H2,(H2,16,20)(H,17,18). The van der Waals surface area contributed by atoms with Crippen molar-refractivity contribution in [1.82, 2.24) is 15.3 Å². The van der Waals surface area contributed by atoms with Gasteiger partial charge in [-0.15, -0.1) is 0 Å². The van der Waals surface area contributed by atoms with Crippen molar-refractivity contribution in [2.75, 3.05) is 0 Å². The third-order valence-electron chi connectivity index (χ3n) is 4.44. The average molecular weight is 291 g/mol. The van der Waals surface area contributed by atoms with E-state index in [0.29, 0.717) is 21.6 Å². The molecule has 1 atom stereocenters. The number of nitrogens with zero attached hydrogens (tertiary/aromatic N) is 1. The van der Waals surface area contributed by atoms with Crippen molar-refractivity contribution >= 4 is 28.5 Å². The van der Waals surface area contributed by atoms with E-state index in [-0.39, 0.29) is 6.04 Å². The van der Waals surface area contributed by atoms with Crippen molar-refractivity contribution in [2.45, 2.75) is 37.3 Å². The highest BCUT2D eigenvalue weighted by Crippen LogP contribution is 2.48. The minimum Gasteiger partial charge on any atom is -0.365 e. The number of nitrogens with one attached hydrogen (secondary N) is 2. The zero-order chi connectivity index (χ0) is 13.9. The number of fused-ring (bicyclic) bond motifs is 1. The zero-order valence-corrected chi connectivity index (χ0v) is 11.6. The summed E-state index contributed by atoms with van der Waals surface area (Å²) in [6, 6.07) is 3.74. The number of aromatic amines is 1. The van der Waals surface area contributed by atoms with E-state index in [4.69, 9.17) is 17.3 Å². The van der Waals surface area contributed by atoms with Crippen LogP contribution in [0.3, 0.4) is 0 Å². The molecule has 1 aromatic carbocycles. The van der Waals surface area contributed by atoms with Crippen LogP contribution < -0.4 is 11.1 Å². The summed E-state index contributed by atoms with van der Waals surface area (Å²) in [5.41, 5.74) is 7.43. The molecule has 2 aliphatic rings. The molecule has 2 fully saturated rings. The molecule has 20 heavy (non-hydrogen) atoms. The van der Waals surface area contributed by atoms with Gasteiger partial charge in [0.2, 0.25) is 0 Å². The molecule has 104 valence electrons. The molecule has 2 heterocycles. The molecule has 0 bridgehead atoms. The predicted molar refractivity (Wildman–Crippen MR) is 76.7 cm³/mol. The molecule has 2 aromatic rings. The van der Waals surface area contributed by atoms with Gasteiger partial charge < -0.3 is 16.0 Å². The number of hydrogen-bond acceptors (Lipinski definition) is 3. The fraction of sp³-hybridized carbons (Fsp3) is 0.429. The second kappa shape index (κ2) is 3.96. The lowest BCUT2D eigenvalue weighted by molar-refractivity contribution is 0.100. The van der Waals surface area contributed by atoms with E-state index in [0.717, 1.165) is 17.8 Å². The Morgan fingerprint density at radius 2 is 2.20 bits per heavy atom. The van der Waals surface area contributed by atoms with Gasteiger partial charge in [-0.3, -0.25) is 4.79 Å². The first-order valence-electron chi connectivity index (χ1n) is 6.84. The van der Waals surface area contributed by atoms with Gasteiger partial charge in [0.05, 0.1) is 22.1 Å². The number of carbonyl (C=O) groups is 1. The molecule has 0 radical (unpaired) electrons. The average Bonchev–Trinajstić information content (AvgIpc) is 2.84. The Kier molecular flexibility index (Phi) is 2.41. The molecule has 6 heteroatoms. The quantitative estimate of drug-likeness (QED) is 0.793. The molecule has 1 aliphatic carbocycles. The third kappa shape index (κ3) is 1.73. The number of nitrogens with two attached hydrogens (primary N) is 1. The largest absolute Gasteiger partial charge is 0.365 e. The van der Waals surface area contributed by atoms with Gasteiger partial charge in [-0.2, -0.15) is 0 Å². The maximum absolute atomic E-state index is 11.5. The van der Waals surface area contributed by atoms with Crippen molar-refractivity contribution < 1.29 is 4.79 Å². The molecule has 1 saturated heterocycles. The van der Waals surface area contributed by atoms with Crippen LogP contribution in [0.4, 0.5) is 0 Å². The van der Waals surface area contributed by atoms with Crippen molar-refractivity contribution in [1.29, 1.82) is 0 Å². The van der Waals surface area contributed by atoms with Gasteiger partial charge in [-0.1, -0.05) is 11.6 Å². The van der Waals surface area contributed by atoms with Gasteiger partial charge in [-0.05, 0) is 37.8 Å². The Labute approximate surface area is 120 Å². The molecule has 4 rings (SSSR count). The molecular weight excluding hydrogens is 276 g/mol. The van der Waals surface area contributed by atoms with Crippen LogP contribution in [0.1, 0.15) is 47.9 Å². The minimum absolute atomic E-state index is 0.226. The number of halogens is 1. The van der Waals surface area contributed by atoms with Crippen LogP contribution in [0, 0.1) is 0 Å². The highest BCUT2D eigenvalue weighted by molar-refractivity contribution is 6.35. The van der Waals surface area contributed by atoms with E-state index in [1.807, 2.05) is 6.07 Å². The van der Waals surface area contributed by atoms with E-state index < -0.39 is 5.91 Å². The Balaban J connectivity index is 1.79. The van der Waals surface area contributed by atoms with Crippen LogP contribution in [-0.4, -0.2) is 21.4 Å². The lowest BCUT2D eigenvalue weighted by atomic mass is 10.1. The summed E-state index contributed by atoms with van der Waals surface area (Å²) >= 11 is 6.05. The van der Waals surface area contributed by atoms with Crippen LogP contribution in [0.15, 0.2) is 12.1 Å². The molecule has 1 aromatic heterocycles. The summed E-state index contributed by atoms with van der Waals surface area (Å²) in [5, 5.41) is 3.99. The fourth-order valence-electron chi connectivity index (χ4n) is 3.15. The van der Waals surface area contributed by atoms with Crippen molar-refractivity contribution in [3.63, 3.8) is 0 Å². The van der Waals surface area contributed by atoms with Gasteiger partial charge in [0.15, 0.2) is 0 Å². The molecule has 1 amide bonds. The summed E-state index contributed by atoms with van der Waals surface area (Å²) in [6.07, 6.45) is 4.77. The van der Waals surface area contributed by atoms with Gasteiger partial charge in [0.25, 0.3) is 5.91 Å². The van der Waals surface area contributed by atoms with Crippen molar-refractivity contribution in [2.24, 2.45) is 5.73 Å². The van der Waals surface area contributed by atoms with Gasteiger partial charge in [0, 0.05) is 5.54 Å². The second-order valence-corrected chi connectivity index (χ2v) is 6.23. The lowest BCUT2D eigenvalue weighted by Crippen LogP contribution is -2.26. The molecule has 1 aliphatic heterocycles. The number of rotatable bonds is 2.